The lowest BCUT2D eigenvalue weighted by molar-refractivity contribution is -0.121. The van der Waals surface area contributed by atoms with Gasteiger partial charge < -0.3 is 9.80 Å². The maximum Gasteiger partial charge on any atom is 0.332 e. The molecule has 2 bridgehead atoms. The highest BCUT2D eigenvalue weighted by Gasteiger charge is 2.63. The molecule has 3 fully saturated rings. The van der Waals surface area contributed by atoms with Gasteiger partial charge in [-0.15, -0.1) is 0 Å². The smallest absolute Gasteiger partial charge is 0.331 e. The number of carbonyl (C=O) groups excluding carboxylic acids is 3. The Morgan fingerprint density at radius 3 is 2.79 bits per heavy atom. The summed E-state index contributed by atoms with van der Waals surface area (Å²) in [6, 6.07) is 14.2. The van der Waals surface area contributed by atoms with Crippen LogP contribution in [0.3, 0.4) is 0 Å². The van der Waals surface area contributed by atoms with Gasteiger partial charge in [-0.2, -0.15) is 5.26 Å². The van der Waals surface area contributed by atoms with Crippen molar-refractivity contribution in [2.75, 3.05) is 11.4 Å². The summed E-state index contributed by atoms with van der Waals surface area (Å²) in [5, 5.41) is 9.97. The Hall–Kier alpha value is -3.77. The van der Waals surface area contributed by atoms with Crippen LogP contribution in [0.15, 0.2) is 59.2 Å². The Morgan fingerprint density at radius 2 is 2.00 bits per heavy atom. The van der Waals surface area contributed by atoms with Crippen molar-refractivity contribution in [3.8, 4) is 6.07 Å². The van der Waals surface area contributed by atoms with Crippen LogP contribution in [0, 0.1) is 11.3 Å². The number of halogens is 1. The van der Waals surface area contributed by atoms with E-state index in [1.165, 1.54) is 4.90 Å². The fraction of sp³-hybridized carbons (Fsp3) is 0.208. The Morgan fingerprint density at radius 1 is 1.15 bits per heavy atom. The third-order valence-electron chi connectivity index (χ3n) is 6.70. The number of hydrogen-bond donors (Lipinski definition) is 0. The predicted molar refractivity (Wildman–Crippen MR) is 122 cm³/mol. The molecule has 4 amide bonds. The van der Waals surface area contributed by atoms with Gasteiger partial charge in [-0.1, -0.05) is 22.0 Å². The van der Waals surface area contributed by atoms with Crippen LogP contribution < -0.4 is 4.90 Å². The van der Waals surface area contributed by atoms with E-state index in [0.29, 0.717) is 40.7 Å². The molecule has 3 aliphatic heterocycles. The molecule has 6 rings (SSSR count). The Balaban J connectivity index is 1.37. The fourth-order valence-corrected chi connectivity index (χ4v) is 5.74. The zero-order valence-corrected chi connectivity index (χ0v) is 18.8. The van der Waals surface area contributed by atoms with Gasteiger partial charge in [0.2, 0.25) is 0 Å². The van der Waals surface area contributed by atoms with Crippen LogP contribution in [-0.4, -0.2) is 57.3 Å². The first-order chi connectivity index (χ1) is 16.0. The van der Waals surface area contributed by atoms with Crippen molar-refractivity contribution in [1.82, 2.24) is 14.8 Å². The molecule has 0 aliphatic carbocycles. The molecule has 2 aromatic carbocycles. The quantitative estimate of drug-likeness (QED) is 0.501. The van der Waals surface area contributed by atoms with Crippen molar-refractivity contribution >= 4 is 50.4 Å². The molecule has 0 N–H and O–H groups in total. The van der Waals surface area contributed by atoms with Gasteiger partial charge in [0.25, 0.3) is 11.8 Å². The molecule has 9 heteroatoms. The van der Waals surface area contributed by atoms with Crippen LogP contribution in [0.5, 0.6) is 0 Å². The molecular formula is C24H16BrN5O3. The minimum Gasteiger partial charge on any atom is -0.331 e. The van der Waals surface area contributed by atoms with Crippen LogP contribution in [0.4, 0.5) is 10.5 Å². The number of urea groups is 1. The number of carbonyl (C=O) groups is 3. The average molecular weight is 502 g/mol. The Labute approximate surface area is 197 Å². The summed E-state index contributed by atoms with van der Waals surface area (Å²) in [6.07, 6.45) is 2.16. The summed E-state index contributed by atoms with van der Waals surface area (Å²) in [6.45, 7) is 0.398. The SMILES string of the molecule is N#Cc1ccc(N2C(=O)C3C4C[C@H](CN4C(=O)c4cccc(Br)c4)N3C2=O)c2cccnc12. The molecule has 1 aromatic heterocycles. The van der Waals surface area contributed by atoms with Gasteiger partial charge in [-0.05, 0) is 48.9 Å². The van der Waals surface area contributed by atoms with E-state index < -0.39 is 6.04 Å². The molecule has 3 aromatic rings. The number of nitrogens with zero attached hydrogens (tertiary/aromatic N) is 5. The number of benzene rings is 2. The highest BCUT2D eigenvalue weighted by atomic mass is 79.9. The molecule has 0 saturated carbocycles. The van der Waals surface area contributed by atoms with Crippen LogP contribution in [0.2, 0.25) is 0 Å². The second-order valence-electron chi connectivity index (χ2n) is 8.38. The van der Waals surface area contributed by atoms with Crippen molar-refractivity contribution in [2.45, 2.75) is 24.5 Å². The average Bonchev–Trinajstić information content (AvgIpc) is 3.49. The number of hydrogen-bond acceptors (Lipinski definition) is 5. The van der Waals surface area contributed by atoms with E-state index in [4.69, 9.17) is 0 Å². The topological polar surface area (TPSA) is 97.6 Å². The minimum absolute atomic E-state index is 0.143. The lowest BCUT2D eigenvalue weighted by Crippen LogP contribution is -2.54. The van der Waals surface area contributed by atoms with Gasteiger partial charge >= 0.3 is 6.03 Å². The summed E-state index contributed by atoms with van der Waals surface area (Å²) in [7, 11) is 0. The number of amides is 4. The number of nitriles is 1. The number of rotatable bonds is 2. The number of fused-ring (bicyclic) bond motifs is 6. The van der Waals surface area contributed by atoms with Gasteiger partial charge in [0.1, 0.15) is 12.1 Å². The van der Waals surface area contributed by atoms with Gasteiger partial charge in [0, 0.05) is 28.2 Å². The third kappa shape index (κ3) is 2.74. The minimum atomic E-state index is -0.713. The normalized spacial score (nSPS) is 23.4. The maximum atomic E-state index is 13.6. The number of pyridine rings is 1. The van der Waals surface area contributed by atoms with Crippen LogP contribution in [0.1, 0.15) is 22.3 Å². The van der Waals surface area contributed by atoms with Gasteiger partial charge in [-0.25, -0.2) is 9.69 Å². The standard InChI is InChI=1S/C24H16BrN5O3/c25-15-4-1-3-13(9-15)22(31)28-12-16-10-19(28)21-23(32)30(24(33)29(16)21)18-7-6-14(11-26)20-17(18)5-2-8-27-20/h1-9,16,19,21H,10,12H2/t16-,19?,21?/m1/s1. The molecule has 4 heterocycles. The number of aromatic nitrogens is 1. The summed E-state index contributed by atoms with van der Waals surface area (Å²) < 4.78 is 0.805. The van der Waals surface area contributed by atoms with Crippen LogP contribution in [0.25, 0.3) is 10.9 Å². The van der Waals surface area contributed by atoms with Gasteiger partial charge in [-0.3, -0.25) is 14.6 Å². The largest absolute Gasteiger partial charge is 0.332 e. The lowest BCUT2D eigenvalue weighted by Gasteiger charge is -2.35. The van der Waals surface area contributed by atoms with E-state index in [2.05, 4.69) is 27.0 Å². The summed E-state index contributed by atoms with van der Waals surface area (Å²) in [4.78, 5) is 49.0. The first-order valence-electron chi connectivity index (χ1n) is 10.5. The van der Waals surface area contributed by atoms with Crippen molar-refractivity contribution in [3.63, 3.8) is 0 Å². The van der Waals surface area contributed by atoms with E-state index in [0.717, 1.165) is 4.47 Å². The Kier molecular flexibility index (Phi) is 4.29. The van der Waals surface area contributed by atoms with E-state index in [1.54, 1.807) is 58.5 Å². The second kappa shape index (κ2) is 7.12. The van der Waals surface area contributed by atoms with Crippen LogP contribution in [-0.2, 0) is 4.79 Å². The van der Waals surface area contributed by atoms with E-state index in [-0.39, 0.29) is 29.9 Å². The summed E-state index contributed by atoms with van der Waals surface area (Å²) in [5.74, 6) is -0.496. The number of imide groups is 1. The fourth-order valence-electron chi connectivity index (χ4n) is 5.34. The van der Waals surface area contributed by atoms with E-state index >= 15 is 0 Å². The van der Waals surface area contributed by atoms with Gasteiger partial charge in [0.15, 0.2) is 0 Å². The van der Waals surface area contributed by atoms with Gasteiger partial charge in [0.05, 0.1) is 28.9 Å². The first kappa shape index (κ1) is 19.9. The third-order valence-corrected chi connectivity index (χ3v) is 7.20. The second-order valence-corrected chi connectivity index (χ2v) is 9.29. The van der Waals surface area contributed by atoms with E-state index in [1.807, 2.05) is 6.07 Å². The number of likely N-dealkylation sites (tertiary alicyclic amines) is 1. The lowest BCUT2D eigenvalue weighted by atomic mass is 10.1. The first-order valence-corrected chi connectivity index (χ1v) is 11.3. The van der Waals surface area contributed by atoms with Crippen LogP contribution >= 0.6 is 15.9 Å². The maximum absolute atomic E-state index is 13.6. The molecule has 33 heavy (non-hydrogen) atoms. The van der Waals surface area contributed by atoms with Crippen molar-refractivity contribution in [3.05, 3.63) is 70.3 Å². The Bertz CT molecular complexity index is 1420. The zero-order valence-electron chi connectivity index (χ0n) is 17.2. The molecule has 0 spiro atoms. The zero-order chi connectivity index (χ0) is 22.9. The predicted octanol–water partition coefficient (Wildman–Crippen LogP) is 3.30. The monoisotopic (exact) mass is 501 g/mol. The van der Waals surface area contributed by atoms with Crippen molar-refractivity contribution in [2.24, 2.45) is 0 Å². The summed E-state index contributed by atoms with van der Waals surface area (Å²) in [5.41, 5.74) is 1.77. The van der Waals surface area contributed by atoms with E-state index in [9.17, 15) is 19.6 Å². The number of anilines is 1. The highest BCUT2D eigenvalue weighted by Crippen LogP contribution is 2.44. The molecule has 162 valence electrons. The highest BCUT2D eigenvalue weighted by molar-refractivity contribution is 9.10. The molecule has 8 nitrogen and oxygen atoms in total. The molecule has 3 aliphatic rings. The number of piperazine rings is 1. The molecule has 2 unspecified atom stereocenters. The summed E-state index contributed by atoms with van der Waals surface area (Å²) >= 11 is 3.40. The molecule has 0 radical (unpaired) electrons. The molecule has 3 atom stereocenters. The van der Waals surface area contributed by atoms with Crippen molar-refractivity contribution < 1.29 is 14.4 Å². The van der Waals surface area contributed by atoms with Crippen molar-refractivity contribution in [1.29, 1.82) is 5.26 Å². The molecule has 3 saturated heterocycles. The molecular weight excluding hydrogens is 486 g/mol.